The maximum Gasteiger partial charge on any atom is 0.233 e. The van der Waals surface area contributed by atoms with Crippen molar-refractivity contribution in [3.05, 3.63) is 34.2 Å². The molecule has 0 bridgehead atoms. The van der Waals surface area contributed by atoms with E-state index >= 15 is 0 Å². The fourth-order valence-corrected chi connectivity index (χ4v) is 6.44. The number of benzene rings is 1. The highest BCUT2D eigenvalue weighted by Crippen LogP contribution is 2.36. The molecular weight excluding hydrogens is 416 g/mol. The normalized spacial score (nSPS) is 15.2. The van der Waals surface area contributed by atoms with Crippen molar-refractivity contribution in [1.29, 1.82) is 0 Å². The minimum Gasteiger partial charge on any atom is -0.378 e. The van der Waals surface area contributed by atoms with Crippen LogP contribution in [0.5, 0.6) is 0 Å². The molecule has 1 saturated heterocycles. The number of thioether (sulfide) groups is 1. The number of carbonyl (C=O) groups excluding carboxylic acids is 1. The molecule has 0 aliphatic carbocycles. The van der Waals surface area contributed by atoms with Crippen LogP contribution in [0.15, 0.2) is 38.5 Å². The third kappa shape index (κ3) is 4.40. The Kier molecular flexibility index (Phi) is 6.24. The maximum absolute atomic E-state index is 12.7. The zero-order chi connectivity index (χ0) is 18.7. The Morgan fingerprint density at radius 3 is 2.62 bits per heavy atom. The van der Waals surface area contributed by atoms with Crippen LogP contribution in [0.3, 0.4) is 0 Å². The molecule has 140 valence electrons. The van der Waals surface area contributed by atoms with Crippen molar-refractivity contribution < 1.29 is 17.9 Å². The van der Waals surface area contributed by atoms with Gasteiger partial charge in [-0.05, 0) is 19.1 Å². The van der Waals surface area contributed by atoms with Crippen molar-refractivity contribution in [2.45, 2.75) is 21.2 Å². The van der Waals surface area contributed by atoms with E-state index in [9.17, 15) is 13.2 Å². The number of nitrogens with zero attached hydrogens (tertiary/aromatic N) is 2. The molecule has 2 aromatic rings. The van der Waals surface area contributed by atoms with Gasteiger partial charge in [0.2, 0.25) is 15.7 Å². The summed E-state index contributed by atoms with van der Waals surface area (Å²) in [5.41, 5.74) is 0.964. The van der Waals surface area contributed by atoms with Crippen LogP contribution in [0.2, 0.25) is 4.34 Å². The molecule has 3 rings (SSSR count). The lowest BCUT2D eigenvalue weighted by Crippen LogP contribution is -2.41. The molecule has 26 heavy (non-hydrogen) atoms. The molecule has 0 radical (unpaired) electrons. The van der Waals surface area contributed by atoms with Crippen LogP contribution in [-0.2, 0) is 19.4 Å². The first kappa shape index (κ1) is 19.6. The Morgan fingerprint density at radius 1 is 1.31 bits per heavy atom. The predicted molar refractivity (Wildman–Crippen MR) is 102 cm³/mol. The fourth-order valence-electron chi connectivity index (χ4n) is 2.35. The minimum absolute atomic E-state index is 0.0208. The number of halogens is 1. The summed E-state index contributed by atoms with van der Waals surface area (Å²) < 4.78 is 31.2. The van der Waals surface area contributed by atoms with Crippen molar-refractivity contribution >= 4 is 50.4 Å². The van der Waals surface area contributed by atoms with E-state index in [4.69, 9.17) is 16.3 Å². The molecule has 0 atom stereocenters. The highest BCUT2D eigenvalue weighted by molar-refractivity contribution is 8.01. The number of sulfone groups is 1. The van der Waals surface area contributed by atoms with Crippen molar-refractivity contribution in [3.63, 3.8) is 0 Å². The molecule has 1 amide bonds. The van der Waals surface area contributed by atoms with E-state index in [-0.39, 0.29) is 25.9 Å². The standard InChI is InChI=1S/C16H17ClN2O4S3/c1-11-2-4-12(5-3-11)26(21,22)15-14(17)25-16(18-15)24-10-13(20)19-6-8-23-9-7-19/h2-5H,6-10H2,1H3. The average molecular weight is 433 g/mol. The van der Waals surface area contributed by atoms with Crippen LogP contribution in [0.1, 0.15) is 5.56 Å². The summed E-state index contributed by atoms with van der Waals surface area (Å²) >= 11 is 8.39. The first-order valence-electron chi connectivity index (χ1n) is 7.84. The number of amides is 1. The van der Waals surface area contributed by atoms with Crippen molar-refractivity contribution in [2.75, 3.05) is 32.1 Å². The lowest BCUT2D eigenvalue weighted by Gasteiger charge is -2.26. The van der Waals surface area contributed by atoms with E-state index in [0.717, 1.165) is 16.9 Å². The maximum atomic E-state index is 12.7. The molecule has 1 aromatic carbocycles. The zero-order valence-corrected chi connectivity index (χ0v) is 17.2. The van der Waals surface area contributed by atoms with Gasteiger partial charge in [0.25, 0.3) is 0 Å². The van der Waals surface area contributed by atoms with Gasteiger partial charge in [-0.25, -0.2) is 13.4 Å². The third-order valence-corrected chi connectivity index (χ3v) is 8.13. The fraction of sp³-hybridized carbons (Fsp3) is 0.375. The summed E-state index contributed by atoms with van der Waals surface area (Å²) in [5.74, 6) is 0.168. The molecule has 0 spiro atoms. The number of morpholine rings is 1. The van der Waals surface area contributed by atoms with E-state index < -0.39 is 9.84 Å². The first-order chi connectivity index (χ1) is 12.4. The molecule has 10 heteroatoms. The first-order valence-corrected chi connectivity index (χ1v) is 11.5. The molecule has 0 unspecified atom stereocenters. The van der Waals surface area contributed by atoms with Gasteiger partial charge in [-0.2, -0.15) is 0 Å². The molecule has 6 nitrogen and oxygen atoms in total. The number of aromatic nitrogens is 1. The smallest absolute Gasteiger partial charge is 0.233 e. The Labute approximate surface area is 165 Å². The zero-order valence-electron chi connectivity index (χ0n) is 14.0. The monoisotopic (exact) mass is 432 g/mol. The molecule has 2 heterocycles. The SMILES string of the molecule is Cc1ccc(S(=O)(=O)c2nc(SCC(=O)N3CCOCC3)sc2Cl)cc1. The van der Waals surface area contributed by atoms with Crippen LogP contribution in [0, 0.1) is 6.92 Å². The van der Waals surface area contributed by atoms with Gasteiger partial charge in [0.1, 0.15) is 4.34 Å². The molecule has 1 aliphatic rings. The van der Waals surface area contributed by atoms with Gasteiger partial charge in [-0.3, -0.25) is 4.79 Å². The van der Waals surface area contributed by atoms with Crippen LogP contribution < -0.4 is 0 Å². The molecule has 1 fully saturated rings. The summed E-state index contributed by atoms with van der Waals surface area (Å²) in [5, 5.41) is -0.158. The van der Waals surface area contributed by atoms with Gasteiger partial charge in [0, 0.05) is 13.1 Å². The van der Waals surface area contributed by atoms with E-state index in [0.29, 0.717) is 30.6 Å². The number of aryl methyl sites for hydroxylation is 1. The second-order valence-electron chi connectivity index (χ2n) is 5.66. The number of thiazole rings is 1. The Morgan fingerprint density at radius 2 is 1.96 bits per heavy atom. The summed E-state index contributed by atoms with van der Waals surface area (Å²) in [6.07, 6.45) is 0. The highest BCUT2D eigenvalue weighted by Gasteiger charge is 2.26. The summed E-state index contributed by atoms with van der Waals surface area (Å²) in [6.45, 7) is 4.11. The lowest BCUT2D eigenvalue weighted by molar-refractivity contribution is -0.132. The van der Waals surface area contributed by atoms with E-state index in [1.807, 2.05) is 6.92 Å². The second-order valence-corrected chi connectivity index (χ2v) is 10.3. The molecular formula is C16H17ClN2O4S3. The number of ether oxygens (including phenoxy) is 1. The van der Waals surface area contributed by atoms with Crippen molar-refractivity contribution in [2.24, 2.45) is 0 Å². The van der Waals surface area contributed by atoms with Crippen molar-refractivity contribution in [1.82, 2.24) is 9.88 Å². The largest absolute Gasteiger partial charge is 0.378 e. The minimum atomic E-state index is -3.78. The average Bonchev–Trinajstić information content (AvgIpc) is 3.02. The van der Waals surface area contributed by atoms with Crippen LogP contribution in [0.4, 0.5) is 0 Å². The quantitative estimate of drug-likeness (QED) is 0.676. The molecule has 1 aromatic heterocycles. The Balaban J connectivity index is 1.72. The molecule has 1 aliphatic heterocycles. The van der Waals surface area contributed by atoms with Crippen molar-refractivity contribution in [3.8, 4) is 0 Å². The number of carbonyl (C=O) groups is 1. The van der Waals surface area contributed by atoms with Gasteiger partial charge in [0.15, 0.2) is 9.37 Å². The highest BCUT2D eigenvalue weighted by atomic mass is 35.5. The van der Waals surface area contributed by atoms with E-state index in [1.165, 1.54) is 23.9 Å². The number of hydrogen-bond donors (Lipinski definition) is 0. The topological polar surface area (TPSA) is 76.6 Å². The Bertz CT molecular complexity index is 891. The van der Waals surface area contributed by atoms with Gasteiger partial charge in [0.05, 0.1) is 23.9 Å². The van der Waals surface area contributed by atoms with Gasteiger partial charge < -0.3 is 9.64 Å². The van der Waals surface area contributed by atoms with Crippen LogP contribution in [0.25, 0.3) is 0 Å². The van der Waals surface area contributed by atoms with E-state index in [2.05, 4.69) is 4.98 Å². The van der Waals surface area contributed by atoms with Gasteiger partial charge in [-0.15, -0.1) is 0 Å². The van der Waals surface area contributed by atoms with Gasteiger partial charge >= 0.3 is 0 Å². The third-order valence-electron chi connectivity index (χ3n) is 3.81. The van der Waals surface area contributed by atoms with E-state index in [1.54, 1.807) is 17.0 Å². The second kappa shape index (κ2) is 8.26. The lowest BCUT2D eigenvalue weighted by atomic mass is 10.2. The number of rotatable bonds is 5. The molecule has 0 N–H and O–H groups in total. The summed E-state index contributed by atoms with van der Waals surface area (Å²) in [7, 11) is -3.78. The predicted octanol–water partition coefficient (Wildman–Crippen LogP) is 2.89. The van der Waals surface area contributed by atoms with Gasteiger partial charge in [-0.1, -0.05) is 52.4 Å². The number of hydrogen-bond acceptors (Lipinski definition) is 7. The summed E-state index contributed by atoms with van der Waals surface area (Å²) in [4.78, 5) is 18.2. The van der Waals surface area contributed by atoms with Crippen LogP contribution in [-0.4, -0.2) is 56.3 Å². The summed E-state index contributed by atoms with van der Waals surface area (Å²) in [6, 6.07) is 6.53. The Hall–Kier alpha value is -1.13. The van der Waals surface area contributed by atoms with Crippen LogP contribution >= 0.6 is 34.7 Å². The molecule has 0 saturated carbocycles.